The molecule has 0 saturated heterocycles. The largest absolute Gasteiger partial charge is 0.462 e. The molecule has 0 aromatic carbocycles. The van der Waals surface area contributed by atoms with Crippen LogP contribution in [-0.2, 0) is 28.6 Å². The number of esters is 3. The van der Waals surface area contributed by atoms with Gasteiger partial charge in [0, 0.05) is 19.3 Å². The molecule has 1 atom stereocenters. The molecule has 6 nitrogen and oxygen atoms in total. The van der Waals surface area contributed by atoms with Crippen molar-refractivity contribution in [2.75, 3.05) is 13.2 Å². The summed E-state index contributed by atoms with van der Waals surface area (Å²) in [5.74, 6) is -1.05. The predicted octanol–water partition coefficient (Wildman–Crippen LogP) is 19.5. The number of carbonyl (C=O) groups excluding carboxylic acids is 3. The quantitative estimate of drug-likeness (QED) is 0.0261. The fourth-order valence-electron chi connectivity index (χ4n) is 7.02. The van der Waals surface area contributed by atoms with Crippen molar-refractivity contribution in [2.24, 2.45) is 0 Å². The minimum absolute atomic E-state index is 0.130. The monoisotopic (exact) mass is 1000 g/mol. The maximum absolute atomic E-state index is 12.9. The molecule has 0 spiro atoms. The molecule has 406 valence electrons. The van der Waals surface area contributed by atoms with Gasteiger partial charge < -0.3 is 14.2 Å². The third-order valence-electron chi connectivity index (χ3n) is 11.2. The third-order valence-corrected chi connectivity index (χ3v) is 11.2. The fourth-order valence-corrected chi connectivity index (χ4v) is 7.02. The Hall–Kier alpha value is -5.23. The molecule has 0 radical (unpaired) electrons. The Kier molecular flexibility index (Phi) is 55.1. The van der Waals surface area contributed by atoms with E-state index in [4.69, 9.17) is 14.2 Å². The van der Waals surface area contributed by atoms with Gasteiger partial charge in [0.1, 0.15) is 13.2 Å². The molecule has 0 aliphatic rings. The molecule has 0 rings (SSSR count). The fraction of sp³-hybridized carbons (Fsp3) is 0.537. The number of hydrogen-bond acceptors (Lipinski definition) is 6. The lowest BCUT2D eigenvalue weighted by Crippen LogP contribution is -2.30. The molecule has 0 amide bonds. The van der Waals surface area contributed by atoms with E-state index in [-0.39, 0.29) is 50.4 Å². The number of unbranched alkanes of at least 4 members (excludes halogenated alkanes) is 10. The molecule has 0 aliphatic carbocycles. The van der Waals surface area contributed by atoms with Crippen molar-refractivity contribution in [3.8, 4) is 0 Å². The first-order valence-electron chi connectivity index (χ1n) is 28.6. The van der Waals surface area contributed by atoms with Crippen LogP contribution in [0.5, 0.6) is 0 Å². The highest BCUT2D eigenvalue weighted by molar-refractivity contribution is 5.71. The zero-order valence-corrected chi connectivity index (χ0v) is 46.3. The van der Waals surface area contributed by atoms with Crippen molar-refractivity contribution in [1.29, 1.82) is 0 Å². The van der Waals surface area contributed by atoms with Crippen LogP contribution in [0.15, 0.2) is 170 Å². The van der Waals surface area contributed by atoms with E-state index in [1.807, 2.05) is 0 Å². The van der Waals surface area contributed by atoms with Crippen LogP contribution in [0.1, 0.15) is 213 Å². The van der Waals surface area contributed by atoms with Crippen molar-refractivity contribution in [3.05, 3.63) is 170 Å². The van der Waals surface area contributed by atoms with Crippen molar-refractivity contribution in [1.82, 2.24) is 0 Å². The van der Waals surface area contributed by atoms with Gasteiger partial charge >= 0.3 is 17.9 Å². The van der Waals surface area contributed by atoms with Gasteiger partial charge in [-0.05, 0) is 141 Å². The molecule has 0 N–H and O–H groups in total. The van der Waals surface area contributed by atoms with Crippen LogP contribution in [0.3, 0.4) is 0 Å². The van der Waals surface area contributed by atoms with Crippen molar-refractivity contribution in [3.63, 3.8) is 0 Å². The van der Waals surface area contributed by atoms with Gasteiger partial charge in [-0.2, -0.15) is 0 Å². The topological polar surface area (TPSA) is 78.9 Å². The number of rotatable bonds is 49. The summed E-state index contributed by atoms with van der Waals surface area (Å²) in [7, 11) is 0. The lowest BCUT2D eigenvalue weighted by molar-refractivity contribution is -0.167. The van der Waals surface area contributed by atoms with Crippen molar-refractivity contribution >= 4 is 17.9 Å². The highest BCUT2D eigenvalue weighted by Gasteiger charge is 2.19. The van der Waals surface area contributed by atoms with E-state index >= 15 is 0 Å². The maximum atomic E-state index is 12.9. The highest BCUT2D eigenvalue weighted by Crippen LogP contribution is 2.13. The maximum Gasteiger partial charge on any atom is 0.306 e. The molecule has 0 aromatic heterocycles. The van der Waals surface area contributed by atoms with Gasteiger partial charge in [-0.25, -0.2) is 0 Å². The first-order valence-corrected chi connectivity index (χ1v) is 28.6. The number of allylic oxidation sites excluding steroid dienone is 28. The molecule has 0 aromatic rings. The van der Waals surface area contributed by atoms with E-state index in [2.05, 4.69) is 191 Å². The molecule has 0 heterocycles. The lowest BCUT2D eigenvalue weighted by Gasteiger charge is -2.18. The number of ether oxygens (including phenoxy) is 3. The van der Waals surface area contributed by atoms with E-state index < -0.39 is 6.10 Å². The lowest BCUT2D eigenvalue weighted by atomic mass is 10.1. The van der Waals surface area contributed by atoms with E-state index in [1.165, 1.54) is 19.3 Å². The summed E-state index contributed by atoms with van der Waals surface area (Å²) < 4.78 is 16.8. The van der Waals surface area contributed by atoms with E-state index in [9.17, 15) is 14.4 Å². The minimum atomic E-state index is -0.834. The zero-order chi connectivity index (χ0) is 52.9. The molecule has 0 aliphatic heterocycles. The molecule has 0 saturated carbocycles. The van der Waals surface area contributed by atoms with E-state index in [1.54, 1.807) is 0 Å². The summed E-state index contributed by atoms with van der Waals surface area (Å²) in [6.45, 7) is 6.19. The first-order chi connectivity index (χ1) is 36.0. The second-order valence-corrected chi connectivity index (χ2v) is 18.0. The third kappa shape index (κ3) is 57.5. The average Bonchev–Trinajstić information content (AvgIpc) is 3.39. The summed E-state index contributed by atoms with van der Waals surface area (Å²) in [5.41, 5.74) is 0. The Labute approximate surface area is 447 Å². The van der Waals surface area contributed by atoms with Crippen molar-refractivity contribution < 1.29 is 28.6 Å². The van der Waals surface area contributed by atoms with Gasteiger partial charge in [0.25, 0.3) is 0 Å². The van der Waals surface area contributed by atoms with Gasteiger partial charge in [-0.3, -0.25) is 14.4 Å². The van der Waals surface area contributed by atoms with Crippen LogP contribution in [-0.4, -0.2) is 37.2 Å². The molecule has 0 fully saturated rings. The average molecular weight is 1000 g/mol. The van der Waals surface area contributed by atoms with Crippen LogP contribution in [0.4, 0.5) is 0 Å². The Bertz CT molecular complexity index is 1720. The Balaban J connectivity index is 4.58. The second-order valence-electron chi connectivity index (χ2n) is 18.0. The molecule has 1 unspecified atom stereocenters. The molecular weight excluding hydrogens is 901 g/mol. The Morgan fingerprint density at radius 3 is 0.849 bits per heavy atom. The zero-order valence-electron chi connectivity index (χ0n) is 46.3. The number of hydrogen-bond donors (Lipinski definition) is 0. The smallest absolute Gasteiger partial charge is 0.306 e. The van der Waals surface area contributed by atoms with Gasteiger partial charge in [0.05, 0.1) is 0 Å². The highest BCUT2D eigenvalue weighted by atomic mass is 16.6. The summed E-state index contributed by atoms with van der Waals surface area (Å²) in [6, 6.07) is 0. The summed E-state index contributed by atoms with van der Waals surface area (Å²) >= 11 is 0. The second kappa shape index (κ2) is 59.3. The summed E-state index contributed by atoms with van der Waals surface area (Å²) in [6.07, 6.45) is 87.8. The van der Waals surface area contributed by atoms with Gasteiger partial charge in [0.15, 0.2) is 6.10 Å². The molecule has 0 bridgehead atoms. The summed E-state index contributed by atoms with van der Waals surface area (Å²) in [5, 5.41) is 0. The van der Waals surface area contributed by atoms with E-state index in [0.717, 1.165) is 141 Å². The standard InChI is InChI=1S/C67H102O6/c1-4-7-10-13-16-19-22-25-28-30-31-32-33-34-35-37-39-42-45-48-51-54-57-60-66(69)72-63-64(62-71-65(68)59-56-53-50-47-44-41-38-27-24-21-18-15-12-9-6-3)73-67(70)61-58-55-52-49-46-43-40-36-29-26-23-20-17-14-11-8-5-2/h7-12,16-21,25-29,31-32,34-35,38-39,42,44,47-48,51,64H,4-6,13-15,22-24,30,33,36-37,40-41,43,45-46,49-50,52-63H2,1-3H3/b10-7-,11-8-,12-9-,19-16-,20-17-,21-18-,28-25-,29-26-,32-31-,35-34-,38-27-,42-39-,47-44-,51-48-. The van der Waals surface area contributed by atoms with Crippen LogP contribution in [0.25, 0.3) is 0 Å². The van der Waals surface area contributed by atoms with Crippen LogP contribution >= 0.6 is 0 Å². The van der Waals surface area contributed by atoms with E-state index in [0.29, 0.717) is 12.8 Å². The SMILES string of the molecule is CC/C=C\C/C=C\C/C=C\C/C=C\C/C=C\C/C=C\C/C=C\CCCC(=O)OCC(COC(=O)CCCC/C=C\C/C=C\C/C=C\C/C=C\CC)OC(=O)CCCCCCCCC/C=C\C/C=C\C/C=C\CC. The molecular formula is C67H102O6. The molecule has 73 heavy (non-hydrogen) atoms. The van der Waals surface area contributed by atoms with Crippen LogP contribution < -0.4 is 0 Å². The van der Waals surface area contributed by atoms with Gasteiger partial charge in [-0.15, -0.1) is 0 Å². The minimum Gasteiger partial charge on any atom is -0.462 e. The van der Waals surface area contributed by atoms with Gasteiger partial charge in [-0.1, -0.05) is 223 Å². The molecule has 6 heteroatoms. The van der Waals surface area contributed by atoms with Crippen molar-refractivity contribution in [2.45, 2.75) is 219 Å². The predicted molar refractivity (Wildman–Crippen MR) is 315 cm³/mol. The van der Waals surface area contributed by atoms with Gasteiger partial charge in [0.2, 0.25) is 0 Å². The Morgan fingerprint density at radius 1 is 0.274 bits per heavy atom. The first kappa shape index (κ1) is 67.8. The normalized spacial score (nSPS) is 13.4. The van der Waals surface area contributed by atoms with Crippen LogP contribution in [0, 0.1) is 0 Å². The summed E-state index contributed by atoms with van der Waals surface area (Å²) in [4.78, 5) is 38.2. The number of carbonyl (C=O) groups is 3. The van der Waals surface area contributed by atoms with Crippen LogP contribution in [0.2, 0.25) is 0 Å². The Morgan fingerprint density at radius 2 is 0.507 bits per heavy atom.